The lowest BCUT2D eigenvalue weighted by Crippen LogP contribution is -2.39. The van der Waals surface area contributed by atoms with E-state index >= 15 is 0 Å². The molecule has 140 valence electrons. The Morgan fingerprint density at radius 2 is 2.04 bits per heavy atom. The minimum Gasteiger partial charge on any atom is -0.358 e. The molecule has 2 heterocycles. The lowest BCUT2D eigenvalue weighted by molar-refractivity contribution is 0.211. The van der Waals surface area contributed by atoms with Gasteiger partial charge in [-0.05, 0) is 43.0 Å². The van der Waals surface area contributed by atoms with Gasteiger partial charge in [0.1, 0.15) is 19.4 Å². The predicted octanol–water partition coefficient (Wildman–Crippen LogP) is 5.10. The molecule has 0 radical (unpaired) electrons. The Hall–Kier alpha value is -2.32. The summed E-state index contributed by atoms with van der Waals surface area (Å²) in [5.41, 5.74) is 2.86. The number of nitriles is 1. The predicted molar refractivity (Wildman–Crippen MR) is 104 cm³/mol. The fourth-order valence-electron chi connectivity index (χ4n) is 3.75. The van der Waals surface area contributed by atoms with Gasteiger partial charge in [0.2, 0.25) is 0 Å². The van der Waals surface area contributed by atoms with Crippen molar-refractivity contribution in [3.8, 4) is 6.07 Å². The molecule has 2 aliphatic rings. The number of rotatable bonds is 6. The van der Waals surface area contributed by atoms with E-state index in [1.165, 1.54) is 0 Å². The Balaban J connectivity index is 1.95. The smallest absolute Gasteiger partial charge is 0.112 e. The zero-order valence-electron chi connectivity index (χ0n) is 14.8. The van der Waals surface area contributed by atoms with Crippen molar-refractivity contribution in [1.82, 2.24) is 9.47 Å². The first-order valence-corrected chi connectivity index (χ1v) is 9.53. The van der Waals surface area contributed by atoms with Crippen molar-refractivity contribution in [2.45, 2.75) is 25.4 Å². The van der Waals surface area contributed by atoms with Gasteiger partial charge < -0.3 is 9.47 Å². The van der Waals surface area contributed by atoms with Crippen molar-refractivity contribution in [3.05, 3.63) is 52.7 Å². The van der Waals surface area contributed by atoms with Crippen molar-refractivity contribution in [1.29, 1.82) is 5.26 Å². The maximum Gasteiger partial charge on any atom is 0.112 e. The Labute approximate surface area is 162 Å². The molecule has 1 aliphatic heterocycles. The molecular weight excluding hydrogens is 368 g/mol. The lowest BCUT2D eigenvalue weighted by Gasteiger charge is -2.34. The highest BCUT2D eigenvalue weighted by molar-refractivity contribution is 6.31. The third-order valence-electron chi connectivity index (χ3n) is 5.32. The molecule has 4 rings (SSSR count). The van der Waals surface area contributed by atoms with Crippen LogP contribution in [-0.4, -0.2) is 35.4 Å². The van der Waals surface area contributed by atoms with Gasteiger partial charge in [-0.25, -0.2) is 8.78 Å². The van der Waals surface area contributed by atoms with Gasteiger partial charge in [-0.1, -0.05) is 23.8 Å². The van der Waals surface area contributed by atoms with Crippen LogP contribution in [-0.2, 0) is 6.54 Å². The molecule has 0 spiro atoms. The Morgan fingerprint density at radius 3 is 2.70 bits per heavy atom. The summed E-state index contributed by atoms with van der Waals surface area (Å²) in [6, 6.07) is 6.96. The van der Waals surface area contributed by atoms with Crippen molar-refractivity contribution in [2.75, 3.05) is 19.9 Å². The van der Waals surface area contributed by atoms with Crippen LogP contribution in [0, 0.1) is 17.2 Å². The molecule has 0 unspecified atom stereocenters. The minimum atomic E-state index is -0.858. The van der Waals surface area contributed by atoms with Gasteiger partial charge in [0.05, 0.1) is 28.5 Å². The first kappa shape index (κ1) is 18.1. The van der Waals surface area contributed by atoms with Gasteiger partial charge in [-0.2, -0.15) is 5.26 Å². The number of halogens is 3. The summed E-state index contributed by atoms with van der Waals surface area (Å²) in [5, 5.41) is 11.3. The van der Waals surface area contributed by atoms with E-state index in [2.05, 4.69) is 10.6 Å². The SMILES string of the molecule is N#Cc1c(C2=CC=CCN2C(CF)CF)n(CC2CC2)c2cc(Cl)ccc12. The second-order valence-electron chi connectivity index (χ2n) is 7.15. The summed E-state index contributed by atoms with van der Waals surface area (Å²) in [7, 11) is 0. The van der Waals surface area contributed by atoms with Gasteiger partial charge in [-0.3, -0.25) is 0 Å². The minimum absolute atomic E-state index is 0.418. The molecule has 27 heavy (non-hydrogen) atoms. The number of hydrogen-bond donors (Lipinski definition) is 0. The van der Waals surface area contributed by atoms with Crippen LogP contribution >= 0.6 is 11.6 Å². The average molecular weight is 388 g/mol. The second kappa shape index (κ2) is 7.36. The molecule has 1 fully saturated rings. The molecule has 3 nitrogen and oxygen atoms in total. The van der Waals surface area contributed by atoms with Gasteiger partial charge in [0, 0.05) is 23.5 Å². The van der Waals surface area contributed by atoms with Crippen molar-refractivity contribution >= 4 is 28.2 Å². The Morgan fingerprint density at radius 1 is 1.26 bits per heavy atom. The van der Waals surface area contributed by atoms with E-state index in [-0.39, 0.29) is 0 Å². The zero-order chi connectivity index (χ0) is 19.0. The molecule has 6 heteroatoms. The summed E-state index contributed by atoms with van der Waals surface area (Å²) >= 11 is 6.23. The standard InChI is InChI=1S/C21H20ClF2N3/c22-15-6-7-17-18(12-25)21(27(20(17)9-15)13-14-4-5-14)19-3-1-2-8-26(19)16(10-23)11-24/h1-3,6-7,9,14,16H,4-5,8,10-11,13H2. The van der Waals surface area contributed by atoms with E-state index in [9.17, 15) is 14.0 Å². The number of hydrogen-bond acceptors (Lipinski definition) is 2. The number of aromatic nitrogens is 1. The van der Waals surface area contributed by atoms with E-state index < -0.39 is 19.4 Å². The molecule has 1 saturated carbocycles. The summed E-state index contributed by atoms with van der Waals surface area (Å²) < 4.78 is 29.1. The van der Waals surface area contributed by atoms with E-state index in [0.717, 1.165) is 36.0 Å². The summed E-state index contributed by atoms with van der Waals surface area (Å²) in [6.45, 7) is -0.365. The normalized spacial score (nSPS) is 16.9. The van der Waals surface area contributed by atoms with Gasteiger partial charge >= 0.3 is 0 Å². The molecule has 0 atom stereocenters. The summed E-state index contributed by atoms with van der Waals surface area (Å²) in [5.74, 6) is 0.566. The molecular formula is C21H20ClF2N3. The van der Waals surface area contributed by atoms with Gasteiger partial charge in [0.25, 0.3) is 0 Å². The van der Waals surface area contributed by atoms with Crippen LogP contribution in [0.3, 0.4) is 0 Å². The highest BCUT2D eigenvalue weighted by Crippen LogP contribution is 2.39. The Kier molecular flexibility index (Phi) is 4.92. The molecule has 2 aromatic rings. The first-order chi connectivity index (χ1) is 13.2. The average Bonchev–Trinajstić information content (AvgIpc) is 3.45. The molecule has 1 aromatic heterocycles. The van der Waals surface area contributed by atoms with E-state index in [1.807, 2.05) is 30.4 Å². The Bertz CT molecular complexity index is 962. The van der Waals surface area contributed by atoms with Crippen LogP contribution in [0.4, 0.5) is 8.78 Å². The topological polar surface area (TPSA) is 32.0 Å². The number of fused-ring (bicyclic) bond motifs is 1. The van der Waals surface area contributed by atoms with E-state index in [4.69, 9.17) is 11.6 Å². The van der Waals surface area contributed by atoms with Crippen LogP contribution in [0.15, 0.2) is 36.4 Å². The lowest BCUT2D eigenvalue weighted by atomic mass is 10.1. The second-order valence-corrected chi connectivity index (χ2v) is 7.58. The molecule has 1 aromatic carbocycles. The molecule has 0 N–H and O–H groups in total. The molecule has 0 amide bonds. The van der Waals surface area contributed by atoms with E-state index in [0.29, 0.717) is 28.7 Å². The molecule has 1 aliphatic carbocycles. The zero-order valence-corrected chi connectivity index (χ0v) is 15.6. The van der Waals surface area contributed by atoms with Crippen molar-refractivity contribution in [3.63, 3.8) is 0 Å². The number of benzene rings is 1. The fourth-order valence-corrected chi connectivity index (χ4v) is 3.91. The number of allylic oxidation sites excluding steroid dienone is 2. The fraction of sp³-hybridized carbons (Fsp3) is 0.381. The third kappa shape index (κ3) is 3.23. The van der Waals surface area contributed by atoms with Crippen LogP contribution in [0.5, 0.6) is 0 Å². The highest BCUT2D eigenvalue weighted by atomic mass is 35.5. The van der Waals surface area contributed by atoms with Gasteiger partial charge in [0.15, 0.2) is 0 Å². The largest absolute Gasteiger partial charge is 0.358 e. The highest BCUT2D eigenvalue weighted by Gasteiger charge is 2.31. The number of nitrogens with zero attached hydrogens (tertiary/aromatic N) is 3. The maximum absolute atomic E-state index is 13.5. The monoisotopic (exact) mass is 387 g/mol. The van der Waals surface area contributed by atoms with Crippen LogP contribution in [0.25, 0.3) is 16.6 Å². The van der Waals surface area contributed by atoms with Crippen LogP contribution in [0.1, 0.15) is 24.1 Å². The molecule has 0 saturated heterocycles. The summed E-state index contributed by atoms with van der Waals surface area (Å²) in [4.78, 5) is 1.72. The summed E-state index contributed by atoms with van der Waals surface area (Å²) in [6.07, 6.45) is 7.91. The van der Waals surface area contributed by atoms with Crippen molar-refractivity contribution < 1.29 is 8.78 Å². The number of alkyl halides is 2. The van der Waals surface area contributed by atoms with E-state index in [1.54, 1.807) is 11.0 Å². The van der Waals surface area contributed by atoms with Gasteiger partial charge in [-0.15, -0.1) is 0 Å². The maximum atomic E-state index is 13.5. The molecule has 0 bridgehead atoms. The van der Waals surface area contributed by atoms with Crippen LogP contribution in [0.2, 0.25) is 5.02 Å². The first-order valence-electron chi connectivity index (χ1n) is 9.15. The third-order valence-corrected chi connectivity index (χ3v) is 5.55. The van der Waals surface area contributed by atoms with Crippen LogP contribution < -0.4 is 0 Å². The quantitative estimate of drug-likeness (QED) is 0.690. The van der Waals surface area contributed by atoms with Crippen molar-refractivity contribution in [2.24, 2.45) is 5.92 Å².